The van der Waals surface area contributed by atoms with E-state index in [0.29, 0.717) is 13.1 Å². The van der Waals surface area contributed by atoms with Crippen LogP contribution < -0.4 is 10.6 Å². The smallest absolute Gasteiger partial charge is 0.407 e. The summed E-state index contributed by atoms with van der Waals surface area (Å²) < 4.78 is 16.2. The van der Waals surface area contributed by atoms with Gasteiger partial charge in [0.25, 0.3) is 0 Å². The molecule has 2 bridgehead atoms. The lowest BCUT2D eigenvalue weighted by Gasteiger charge is -2.37. The van der Waals surface area contributed by atoms with Gasteiger partial charge in [-0.25, -0.2) is 19.6 Å². The molecule has 0 spiro atoms. The molecule has 4 aromatic rings. The zero-order valence-electron chi connectivity index (χ0n) is 36.0. The third-order valence-electron chi connectivity index (χ3n) is 12.9. The second kappa shape index (κ2) is 17.7. The Kier molecular flexibility index (Phi) is 12.2. The first-order valence-corrected chi connectivity index (χ1v) is 21.8. The molecule has 2 aromatic heterocycles. The fourth-order valence-corrected chi connectivity index (χ4v) is 9.72. The molecular weight excluding hydrogens is 777 g/mol. The van der Waals surface area contributed by atoms with Crippen molar-refractivity contribution in [2.45, 2.75) is 115 Å². The Balaban J connectivity index is 1.02. The van der Waals surface area contributed by atoms with Gasteiger partial charge in [0.15, 0.2) is 0 Å². The van der Waals surface area contributed by atoms with Crippen molar-refractivity contribution < 1.29 is 33.4 Å². The van der Waals surface area contributed by atoms with Crippen LogP contribution in [0.1, 0.15) is 126 Å². The molecule has 2 aromatic carbocycles. The van der Waals surface area contributed by atoms with Crippen LogP contribution in [0, 0.1) is 11.8 Å². The molecule has 0 aliphatic carbocycles. The number of aromatic amines is 2. The number of ether oxygens (including phenoxy) is 3. The number of methoxy groups -OCH3 is 2. The summed E-state index contributed by atoms with van der Waals surface area (Å²) in [6.45, 7) is 8.84. The van der Waals surface area contributed by atoms with E-state index < -0.39 is 24.3 Å². The quantitative estimate of drug-likeness (QED) is 0.117. The highest BCUT2D eigenvalue weighted by Gasteiger charge is 2.43. The summed E-state index contributed by atoms with van der Waals surface area (Å²) >= 11 is 0. The van der Waals surface area contributed by atoms with Crippen LogP contribution in [-0.2, 0) is 23.8 Å². The first-order chi connectivity index (χ1) is 29.5. The van der Waals surface area contributed by atoms with Gasteiger partial charge in [-0.05, 0) is 91.0 Å². The van der Waals surface area contributed by atoms with E-state index in [4.69, 9.17) is 24.2 Å². The van der Waals surface area contributed by atoms with E-state index in [0.717, 1.165) is 96.7 Å². The number of likely N-dealkylation sites (tertiary alicyclic amines) is 2. The van der Waals surface area contributed by atoms with Crippen molar-refractivity contribution in [3.63, 3.8) is 0 Å². The summed E-state index contributed by atoms with van der Waals surface area (Å²) in [7, 11) is 2.60. The van der Waals surface area contributed by atoms with Crippen LogP contribution in [0.3, 0.4) is 0 Å². The Morgan fingerprint density at radius 1 is 0.639 bits per heavy atom. The number of nitrogens with one attached hydrogen (secondary N) is 4. The summed E-state index contributed by atoms with van der Waals surface area (Å²) in [4.78, 5) is 72.4. The second-order valence-electron chi connectivity index (χ2n) is 17.4. The van der Waals surface area contributed by atoms with Crippen molar-refractivity contribution in [1.82, 2.24) is 40.4 Å². The molecule has 4 aliphatic rings. The zero-order chi connectivity index (χ0) is 42.9. The minimum atomic E-state index is -0.705. The predicted octanol–water partition coefficient (Wildman–Crippen LogP) is 7.91. The van der Waals surface area contributed by atoms with Crippen molar-refractivity contribution in [2.24, 2.45) is 11.8 Å². The van der Waals surface area contributed by atoms with E-state index in [1.807, 2.05) is 49.9 Å². The van der Waals surface area contributed by atoms with Gasteiger partial charge < -0.3 is 44.6 Å². The predicted molar refractivity (Wildman–Crippen MR) is 228 cm³/mol. The lowest BCUT2D eigenvalue weighted by atomic mass is 9.82. The first-order valence-electron chi connectivity index (χ1n) is 21.8. The molecule has 15 nitrogen and oxygen atoms in total. The van der Waals surface area contributed by atoms with E-state index in [9.17, 15) is 19.2 Å². The molecule has 2 unspecified atom stereocenters. The summed E-state index contributed by atoms with van der Waals surface area (Å²) in [5.41, 5.74) is 8.43. The van der Waals surface area contributed by atoms with Gasteiger partial charge >= 0.3 is 12.2 Å². The van der Waals surface area contributed by atoms with E-state index in [1.165, 1.54) is 25.3 Å². The maximum atomic E-state index is 13.9. The number of H-pyrrole nitrogens is 2. The van der Waals surface area contributed by atoms with Crippen LogP contribution in [0.5, 0.6) is 0 Å². The number of benzene rings is 2. The average molecular weight is 835 g/mol. The van der Waals surface area contributed by atoms with Crippen molar-refractivity contribution in [2.75, 3.05) is 27.3 Å². The van der Waals surface area contributed by atoms with E-state index in [1.54, 1.807) is 0 Å². The molecule has 4 N–H and O–H groups in total. The normalized spacial score (nSPS) is 21.9. The number of carbonyl (C=O) groups is 4. The third-order valence-corrected chi connectivity index (χ3v) is 12.9. The van der Waals surface area contributed by atoms with E-state index in [-0.39, 0.29) is 47.9 Å². The number of alkyl carbamates (subject to hydrolysis) is 2. The molecule has 3 fully saturated rings. The number of amides is 4. The Morgan fingerprint density at radius 2 is 1.10 bits per heavy atom. The monoisotopic (exact) mass is 834 g/mol. The largest absolute Gasteiger partial charge is 0.453 e. The summed E-state index contributed by atoms with van der Waals surface area (Å²) in [6.07, 6.45) is 9.65. The zero-order valence-corrected chi connectivity index (χ0v) is 36.0. The van der Waals surface area contributed by atoms with Gasteiger partial charge in [0.2, 0.25) is 11.8 Å². The van der Waals surface area contributed by atoms with Crippen molar-refractivity contribution >= 4 is 24.0 Å². The van der Waals surface area contributed by atoms with Crippen LogP contribution in [0.25, 0.3) is 33.6 Å². The molecule has 3 saturated heterocycles. The molecular formula is C46H58N8O7. The molecule has 4 amide bonds. The molecule has 61 heavy (non-hydrogen) atoms. The minimum absolute atomic E-state index is 0.00757. The third kappa shape index (κ3) is 8.23. The molecule has 6 heterocycles. The van der Waals surface area contributed by atoms with Crippen molar-refractivity contribution in [1.29, 1.82) is 0 Å². The van der Waals surface area contributed by atoms with Gasteiger partial charge in [0.1, 0.15) is 23.7 Å². The standard InChI is InChI=1S/C46H58N8O7/c1-25(2)39(51-45(57)59-5)43(55)53-21-9-7-11-33(53)41-47-23-31(49-41)28-15-13-27(14-16-28)29-17-18-30(38-36-20-19-35(61-36)37(29)38)32-24-48-42(50-32)34-12-8-10-22-54(34)44(56)40(26(3)4)52-46(58)60-6/h13-18,23-26,33-36,39-40H,7-12,19-22H2,1-6H3,(H,47,49)(H,48,50)(H,51,57)(H,52,58)/t33-,34-,35?,36?,39-,40-/m0/s1. The molecule has 0 radical (unpaired) electrons. The lowest BCUT2D eigenvalue weighted by molar-refractivity contribution is -0.139. The van der Waals surface area contributed by atoms with Crippen molar-refractivity contribution in [3.8, 4) is 33.6 Å². The summed E-state index contributed by atoms with van der Waals surface area (Å²) in [5, 5.41) is 5.47. The van der Waals surface area contributed by atoms with E-state index in [2.05, 4.69) is 57.0 Å². The summed E-state index contributed by atoms with van der Waals surface area (Å²) in [5.74, 6) is 0.969. The average Bonchev–Trinajstić information content (AvgIpc) is 4.13. The molecule has 6 atom stereocenters. The Hall–Kier alpha value is -5.70. The highest BCUT2D eigenvalue weighted by molar-refractivity contribution is 5.87. The maximum Gasteiger partial charge on any atom is 0.407 e. The number of fused-ring (bicyclic) bond motifs is 5. The fraction of sp³-hybridized carbons (Fsp3) is 0.522. The first kappa shape index (κ1) is 42.0. The number of imidazole rings is 2. The van der Waals surface area contributed by atoms with Gasteiger partial charge in [-0.15, -0.1) is 0 Å². The molecule has 8 rings (SSSR count). The number of nitrogens with zero attached hydrogens (tertiary/aromatic N) is 4. The highest BCUT2D eigenvalue weighted by atomic mass is 16.5. The minimum Gasteiger partial charge on any atom is -0.453 e. The van der Waals surface area contributed by atoms with Gasteiger partial charge in [0, 0.05) is 18.7 Å². The van der Waals surface area contributed by atoms with Crippen molar-refractivity contribution in [3.05, 3.63) is 71.6 Å². The molecule has 324 valence electrons. The van der Waals surface area contributed by atoms with Crippen LogP contribution in [0.2, 0.25) is 0 Å². The molecule has 4 aliphatic heterocycles. The number of aromatic nitrogens is 4. The maximum absolute atomic E-state index is 13.9. The Bertz CT molecular complexity index is 2250. The summed E-state index contributed by atoms with van der Waals surface area (Å²) in [6, 6.07) is 10.9. The lowest BCUT2D eigenvalue weighted by Crippen LogP contribution is -2.53. The van der Waals surface area contributed by atoms with Gasteiger partial charge in [-0.3, -0.25) is 9.59 Å². The van der Waals surface area contributed by atoms with Crippen LogP contribution >= 0.6 is 0 Å². The van der Waals surface area contributed by atoms with Crippen LogP contribution in [0.15, 0.2) is 48.8 Å². The van der Waals surface area contributed by atoms with Gasteiger partial charge in [-0.2, -0.15) is 0 Å². The van der Waals surface area contributed by atoms with Crippen LogP contribution in [-0.4, -0.2) is 93.1 Å². The fourth-order valence-electron chi connectivity index (χ4n) is 9.72. The Labute approximate surface area is 356 Å². The van der Waals surface area contributed by atoms with Gasteiger partial charge in [-0.1, -0.05) is 64.1 Å². The highest BCUT2D eigenvalue weighted by Crippen LogP contribution is 2.56. The van der Waals surface area contributed by atoms with Gasteiger partial charge in [0.05, 0.1) is 62.3 Å². The number of carbonyl (C=O) groups excluding carboxylic acids is 4. The molecule has 0 saturated carbocycles. The van der Waals surface area contributed by atoms with E-state index >= 15 is 0 Å². The number of hydrogen-bond acceptors (Lipinski definition) is 9. The number of hydrogen-bond donors (Lipinski definition) is 4. The number of rotatable bonds is 11. The topological polar surface area (TPSA) is 184 Å². The number of piperidine rings is 2. The van der Waals surface area contributed by atoms with Crippen LogP contribution in [0.4, 0.5) is 9.59 Å². The second-order valence-corrected chi connectivity index (χ2v) is 17.4. The molecule has 15 heteroatoms. The Morgan fingerprint density at radius 3 is 1.61 bits per heavy atom. The SMILES string of the molecule is COC(=O)N[C@H](C(=O)N1CCCC[C@H]1c1ncc(-c2ccc(-c3ccc(-c4cnc([C@@H]5CCCCN5C(=O)[C@@H](NC(=O)OC)C(C)C)[nH]4)c4c3C3CCC4O3)cc2)[nH]1)C(C)C.